The van der Waals surface area contributed by atoms with Gasteiger partial charge in [0.15, 0.2) is 0 Å². The largest absolute Gasteiger partial charge is 0.0781 e. The lowest BCUT2D eigenvalue weighted by Crippen LogP contribution is -1.79. The van der Waals surface area contributed by atoms with Crippen molar-refractivity contribution >= 4 is 11.8 Å². The van der Waals surface area contributed by atoms with E-state index in [1.54, 1.807) is 11.8 Å². The van der Waals surface area contributed by atoms with E-state index in [0.29, 0.717) is 0 Å². The highest BCUT2D eigenvalue weighted by molar-refractivity contribution is 8.03. The molecular weight excluding hydrogens is 164 g/mol. The Balaban J connectivity index is 2.78. The molecule has 0 radical (unpaired) electrons. The molecule has 0 aliphatic rings. The van der Waals surface area contributed by atoms with Crippen molar-refractivity contribution in [2.45, 2.75) is 13.3 Å². The fourth-order valence-corrected chi connectivity index (χ4v) is 1.15. The van der Waals surface area contributed by atoms with Crippen molar-refractivity contribution in [1.29, 1.82) is 0 Å². The van der Waals surface area contributed by atoms with Gasteiger partial charge < -0.3 is 0 Å². The Kier molecular flexibility index (Phi) is 3.76. The molecule has 0 spiro atoms. The van der Waals surface area contributed by atoms with E-state index in [9.17, 15) is 0 Å². The zero-order valence-corrected chi connectivity index (χ0v) is 8.24. The average molecular weight is 176 g/mol. The molecule has 0 unspecified atom stereocenters. The van der Waals surface area contributed by atoms with E-state index in [4.69, 9.17) is 0 Å². The summed E-state index contributed by atoms with van der Waals surface area (Å²) in [6.07, 6.45) is 3.07. The van der Waals surface area contributed by atoms with E-state index in [1.165, 1.54) is 5.56 Å². The predicted molar refractivity (Wildman–Crippen MR) is 56.2 cm³/mol. The van der Waals surface area contributed by atoms with Crippen molar-refractivity contribution in [3.05, 3.63) is 35.4 Å². The van der Waals surface area contributed by atoms with Gasteiger partial charge in [0.25, 0.3) is 0 Å². The van der Waals surface area contributed by atoms with Gasteiger partial charge in [-0.25, -0.2) is 0 Å². The summed E-state index contributed by atoms with van der Waals surface area (Å²) in [5, 5.41) is 2.97. The molecule has 0 aliphatic carbocycles. The molecule has 0 N–H and O–H groups in total. The van der Waals surface area contributed by atoms with Gasteiger partial charge >= 0.3 is 0 Å². The molecule has 0 amide bonds. The van der Waals surface area contributed by atoms with Crippen LogP contribution in [0.2, 0.25) is 0 Å². The molecule has 0 saturated carbocycles. The van der Waals surface area contributed by atoms with Gasteiger partial charge in [-0.05, 0) is 35.6 Å². The third-order valence-corrected chi connectivity index (χ3v) is 1.97. The highest BCUT2D eigenvalue weighted by Crippen LogP contribution is 2.03. The Bertz CT molecular complexity index is 287. The third kappa shape index (κ3) is 2.64. The second-order valence-electron chi connectivity index (χ2n) is 2.48. The minimum atomic E-state index is 1.09. The van der Waals surface area contributed by atoms with Crippen molar-refractivity contribution in [2.75, 3.05) is 6.26 Å². The number of hydrogen-bond acceptors (Lipinski definition) is 1. The van der Waals surface area contributed by atoms with Crippen LogP contribution < -0.4 is 0 Å². The third-order valence-electron chi connectivity index (χ3n) is 1.66. The molecule has 1 aromatic carbocycles. The second-order valence-corrected chi connectivity index (χ2v) is 3.09. The zero-order valence-electron chi connectivity index (χ0n) is 7.42. The van der Waals surface area contributed by atoms with E-state index in [-0.39, 0.29) is 0 Å². The average Bonchev–Trinajstić information content (AvgIpc) is 2.15. The molecule has 0 nitrogen and oxygen atoms in total. The summed E-state index contributed by atoms with van der Waals surface area (Å²) in [6.45, 7) is 2.16. The molecule has 0 atom stereocenters. The molecule has 0 aromatic heterocycles. The van der Waals surface area contributed by atoms with Crippen LogP contribution in [0.25, 0.3) is 0 Å². The summed E-state index contributed by atoms with van der Waals surface area (Å²) in [5.41, 5.74) is 2.46. The Morgan fingerprint density at radius 3 is 2.42 bits per heavy atom. The van der Waals surface area contributed by atoms with Crippen molar-refractivity contribution in [3.63, 3.8) is 0 Å². The standard InChI is InChI=1S/C11H12S/c1-3-10-4-6-11(7-5-10)8-9-12-2/h4-7H,3H2,1-2H3. The summed E-state index contributed by atoms with van der Waals surface area (Å²) in [6, 6.07) is 8.40. The topological polar surface area (TPSA) is 0 Å². The molecule has 0 heterocycles. The Labute approximate surface area is 78.4 Å². The van der Waals surface area contributed by atoms with Crippen LogP contribution in [-0.4, -0.2) is 6.26 Å². The molecular formula is C11H12S. The SMILES string of the molecule is CCc1ccc(C#CSC)cc1. The molecule has 62 valence electrons. The van der Waals surface area contributed by atoms with Crippen LogP contribution in [0.4, 0.5) is 0 Å². The summed E-state index contributed by atoms with van der Waals surface area (Å²) in [4.78, 5) is 0. The number of thioether (sulfide) groups is 1. The first kappa shape index (κ1) is 9.22. The lowest BCUT2D eigenvalue weighted by molar-refractivity contribution is 1.14. The molecule has 0 aliphatic heterocycles. The minimum absolute atomic E-state index is 1.09. The normalized spacial score (nSPS) is 8.83. The first-order valence-corrected chi connectivity index (χ1v) is 5.22. The molecule has 1 rings (SSSR count). The van der Waals surface area contributed by atoms with Crippen molar-refractivity contribution in [3.8, 4) is 11.2 Å². The number of rotatable bonds is 1. The second kappa shape index (κ2) is 4.90. The van der Waals surface area contributed by atoms with Crippen LogP contribution >= 0.6 is 11.8 Å². The maximum Gasteiger partial charge on any atom is 0.0254 e. The fraction of sp³-hybridized carbons (Fsp3) is 0.273. The van der Waals surface area contributed by atoms with Crippen LogP contribution in [0.3, 0.4) is 0 Å². The molecule has 0 bridgehead atoms. The lowest BCUT2D eigenvalue weighted by atomic mass is 10.1. The van der Waals surface area contributed by atoms with E-state index < -0.39 is 0 Å². The monoisotopic (exact) mass is 176 g/mol. The first-order valence-electron chi connectivity index (χ1n) is 3.99. The molecule has 1 heteroatoms. The van der Waals surface area contributed by atoms with Gasteiger partial charge in [-0.1, -0.05) is 36.7 Å². The summed E-state index contributed by atoms with van der Waals surface area (Å²) in [7, 11) is 0. The number of aryl methyl sites for hydroxylation is 1. The lowest BCUT2D eigenvalue weighted by Gasteiger charge is -1.94. The predicted octanol–water partition coefficient (Wildman–Crippen LogP) is 2.92. The van der Waals surface area contributed by atoms with Crippen LogP contribution in [0.1, 0.15) is 18.1 Å². The Hall–Kier alpha value is -0.870. The molecule has 0 saturated heterocycles. The van der Waals surface area contributed by atoms with Gasteiger partial charge in [0.1, 0.15) is 0 Å². The Morgan fingerprint density at radius 1 is 1.25 bits per heavy atom. The number of benzene rings is 1. The van der Waals surface area contributed by atoms with Crippen molar-refractivity contribution in [1.82, 2.24) is 0 Å². The van der Waals surface area contributed by atoms with Crippen LogP contribution in [0.15, 0.2) is 24.3 Å². The molecule has 12 heavy (non-hydrogen) atoms. The van der Waals surface area contributed by atoms with E-state index in [0.717, 1.165) is 12.0 Å². The fourth-order valence-electron chi connectivity index (χ4n) is 0.934. The van der Waals surface area contributed by atoms with E-state index in [1.807, 2.05) is 6.26 Å². The summed E-state index contributed by atoms with van der Waals surface area (Å²) < 4.78 is 0. The van der Waals surface area contributed by atoms with Crippen molar-refractivity contribution < 1.29 is 0 Å². The molecule has 0 fully saturated rings. The van der Waals surface area contributed by atoms with Crippen LogP contribution in [0.5, 0.6) is 0 Å². The van der Waals surface area contributed by atoms with Crippen LogP contribution in [-0.2, 0) is 6.42 Å². The van der Waals surface area contributed by atoms with Crippen molar-refractivity contribution in [2.24, 2.45) is 0 Å². The maximum atomic E-state index is 3.06. The van der Waals surface area contributed by atoms with Gasteiger partial charge in [0, 0.05) is 5.56 Å². The molecule has 1 aromatic rings. The first-order chi connectivity index (χ1) is 5.86. The quantitative estimate of drug-likeness (QED) is 0.593. The van der Waals surface area contributed by atoms with E-state index in [2.05, 4.69) is 42.4 Å². The van der Waals surface area contributed by atoms with Gasteiger partial charge in [-0.2, -0.15) is 0 Å². The van der Waals surface area contributed by atoms with Crippen LogP contribution in [0, 0.1) is 11.2 Å². The van der Waals surface area contributed by atoms with E-state index >= 15 is 0 Å². The minimum Gasteiger partial charge on any atom is -0.0781 e. The number of hydrogen-bond donors (Lipinski definition) is 0. The maximum absolute atomic E-state index is 3.06. The summed E-state index contributed by atoms with van der Waals surface area (Å²) >= 11 is 1.55. The highest BCUT2D eigenvalue weighted by atomic mass is 32.2. The van der Waals surface area contributed by atoms with Gasteiger partial charge in [-0.15, -0.1) is 0 Å². The Morgan fingerprint density at radius 2 is 1.92 bits per heavy atom. The zero-order chi connectivity index (χ0) is 8.81. The van der Waals surface area contributed by atoms with Gasteiger partial charge in [0.2, 0.25) is 0 Å². The van der Waals surface area contributed by atoms with Gasteiger partial charge in [0.05, 0.1) is 0 Å². The summed E-state index contributed by atoms with van der Waals surface area (Å²) in [5.74, 6) is 3.06. The smallest absolute Gasteiger partial charge is 0.0254 e. The highest BCUT2D eigenvalue weighted by Gasteiger charge is 1.87. The van der Waals surface area contributed by atoms with Gasteiger partial charge in [-0.3, -0.25) is 0 Å².